The first kappa shape index (κ1) is 18.6. The summed E-state index contributed by atoms with van der Waals surface area (Å²) in [7, 11) is 0. The minimum absolute atomic E-state index is 0.150. The number of nitrogens with zero attached hydrogens (tertiary/aromatic N) is 2. The predicted molar refractivity (Wildman–Crippen MR) is 113 cm³/mol. The van der Waals surface area contributed by atoms with Crippen LogP contribution >= 0.6 is 22.6 Å². The number of hydrogen-bond donors (Lipinski definition) is 1. The van der Waals surface area contributed by atoms with Crippen molar-refractivity contribution in [3.05, 3.63) is 68.1 Å². The molecule has 0 unspecified atom stereocenters. The van der Waals surface area contributed by atoms with E-state index >= 15 is 0 Å². The van der Waals surface area contributed by atoms with E-state index in [1.165, 1.54) is 4.68 Å². The van der Waals surface area contributed by atoms with Crippen LogP contribution in [0.15, 0.2) is 53.3 Å². The summed E-state index contributed by atoms with van der Waals surface area (Å²) < 4.78 is 2.36. The Morgan fingerprint density at radius 2 is 1.77 bits per heavy atom. The number of para-hydroxylation sites is 1. The first-order chi connectivity index (χ1) is 12.6. The Kier molecular flexibility index (Phi) is 6.03. The molecule has 26 heavy (non-hydrogen) atoms. The second-order valence-electron chi connectivity index (χ2n) is 6.06. The lowest BCUT2D eigenvalue weighted by Gasteiger charge is -2.12. The van der Waals surface area contributed by atoms with E-state index in [0.29, 0.717) is 17.3 Å². The number of benzene rings is 2. The average molecular weight is 461 g/mol. The van der Waals surface area contributed by atoms with Gasteiger partial charge in [-0.25, -0.2) is 4.68 Å². The maximum atomic E-state index is 12.9. The summed E-state index contributed by atoms with van der Waals surface area (Å²) in [5.41, 5.74) is 0.853. The summed E-state index contributed by atoms with van der Waals surface area (Å²) in [6.45, 7) is 2.62. The number of amides is 1. The molecule has 0 aliphatic heterocycles. The molecule has 0 bridgehead atoms. The van der Waals surface area contributed by atoms with Crippen LogP contribution in [0.5, 0.6) is 0 Å². The number of nitrogens with one attached hydrogen (secondary N) is 1. The summed E-state index contributed by atoms with van der Waals surface area (Å²) >= 11 is 2.18. The number of fused-ring (bicyclic) bond motifs is 1. The molecule has 134 valence electrons. The number of anilines is 1. The fourth-order valence-corrected chi connectivity index (χ4v) is 3.33. The Labute approximate surface area is 165 Å². The van der Waals surface area contributed by atoms with Crippen molar-refractivity contribution in [2.45, 2.75) is 32.7 Å². The molecule has 0 radical (unpaired) electrons. The van der Waals surface area contributed by atoms with Crippen molar-refractivity contribution in [1.82, 2.24) is 9.78 Å². The van der Waals surface area contributed by atoms with Crippen LogP contribution < -0.4 is 10.9 Å². The molecular weight excluding hydrogens is 441 g/mol. The second-order valence-corrected chi connectivity index (χ2v) is 7.23. The van der Waals surface area contributed by atoms with Gasteiger partial charge in [-0.05, 0) is 47.2 Å². The minimum Gasteiger partial charge on any atom is -0.320 e. The first-order valence-corrected chi connectivity index (χ1v) is 9.75. The summed E-state index contributed by atoms with van der Waals surface area (Å²) in [5.74, 6) is -0.311. The zero-order valence-corrected chi connectivity index (χ0v) is 16.7. The maximum absolute atomic E-state index is 12.9. The minimum atomic E-state index is -0.311. The molecule has 5 nitrogen and oxygen atoms in total. The number of carbonyl (C=O) groups is 1. The highest BCUT2D eigenvalue weighted by atomic mass is 127. The summed E-state index contributed by atoms with van der Waals surface area (Å²) in [6, 6.07) is 14.7. The van der Waals surface area contributed by atoms with Gasteiger partial charge in [-0.1, -0.05) is 50.1 Å². The summed E-state index contributed by atoms with van der Waals surface area (Å²) in [6.07, 6.45) is 2.94. The summed E-state index contributed by atoms with van der Waals surface area (Å²) in [5, 5.41) is 8.39. The quantitative estimate of drug-likeness (QED) is 0.436. The van der Waals surface area contributed by atoms with Gasteiger partial charge in [0.25, 0.3) is 11.5 Å². The molecule has 0 fully saturated rings. The van der Waals surface area contributed by atoms with E-state index in [4.69, 9.17) is 0 Å². The number of aromatic nitrogens is 2. The van der Waals surface area contributed by atoms with Gasteiger partial charge >= 0.3 is 0 Å². The van der Waals surface area contributed by atoms with E-state index in [1.807, 2.05) is 36.4 Å². The van der Waals surface area contributed by atoms with Gasteiger partial charge in [0.2, 0.25) is 0 Å². The predicted octanol–water partition coefficient (Wildman–Crippen LogP) is 4.44. The number of rotatable bonds is 6. The number of aryl methyl sites for hydroxylation is 1. The van der Waals surface area contributed by atoms with Gasteiger partial charge in [-0.2, -0.15) is 5.10 Å². The van der Waals surface area contributed by atoms with Crippen LogP contribution in [0.1, 0.15) is 36.7 Å². The molecule has 1 N–H and O–H groups in total. The molecule has 0 saturated heterocycles. The van der Waals surface area contributed by atoms with Crippen molar-refractivity contribution in [1.29, 1.82) is 0 Å². The molecule has 3 rings (SSSR count). The lowest BCUT2D eigenvalue weighted by molar-refractivity contribution is 0.102. The second kappa shape index (κ2) is 8.44. The molecule has 0 atom stereocenters. The van der Waals surface area contributed by atoms with Crippen LogP contribution in [-0.2, 0) is 6.54 Å². The molecule has 0 spiro atoms. The van der Waals surface area contributed by atoms with Crippen molar-refractivity contribution in [3.8, 4) is 0 Å². The third kappa shape index (κ3) is 3.95. The Balaban J connectivity index is 2.03. The standard InChI is InChI=1S/C20H20IN3O2/c1-2-3-8-13-24-20(26)15-10-5-4-9-14(15)18(23-24)19(25)22-17-12-7-6-11-16(17)21/h4-7,9-12H,2-3,8,13H2,1H3,(H,22,25). The van der Waals surface area contributed by atoms with Gasteiger partial charge < -0.3 is 5.32 Å². The van der Waals surface area contributed by atoms with E-state index in [9.17, 15) is 9.59 Å². The number of carbonyl (C=O) groups excluding carboxylic acids is 1. The van der Waals surface area contributed by atoms with E-state index in [-0.39, 0.29) is 17.2 Å². The molecule has 0 saturated carbocycles. The average Bonchev–Trinajstić information content (AvgIpc) is 2.65. The molecule has 1 heterocycles. The van der Waals surface area contributed by atoms with Crippen LogP contribution in [0.4, 0.5) is 5.69 Å². The maximum Gasteiger partial charge on any atom is 0.276 e. The zero-order valence-electron chi connectivity index (χ0n) is 14.5. The van der Waals surface area contributed by atoms with Crippen molar-refractivity contribution in [2.75, 3.05) is 5.32 Å². The third-order valence-electron chi connectivity index (χ3n) is 4.18. The summed E-state index contributed by atoms with van der Waals surface area (Å²) in [4.78, 5) is 25.6. The molecule has 1 aromatic heterocycles. The molecule has 2 aromatic carbocycles. The number of halogens is 1. The van der Waals surface area contributed by atoms with Gasteiger partial charge in [0.15, 0.2) is 5.69 Å². The molecule has 6 heteroatoms. The fourth-order valence-electron chi connectivity index (χ4n) is 2.81. The molecule has 1 amide bonds. The van der Waals surface area contributed by atoms with Gasteiger partial charge in [0.05, 0.1) is 11.1 Å². The lowest BCUT2D eigenvalue weighted by atomic mass is 10.1. The third-order valence-corrected chi connectivity index (χ3v) is 5.12. The smallest absolute Gasteiger partial charge is 0.276 e. The van der Waals surface area contributed by atoms with E-state index in [1.54, 1.807) is 12.1 Å². The van der Waals surface area contributed by atoms with E-state index in [0.717, 1.165) is 28.5 Å². The Morgan fingerprint density at radius 3 is 2.50 bits per heavy atom. The van der Waals surface area contributed by atoms with Crippen molar-refractivity contribution >= 4 is 45.0 Å². The normalized spacial score (nSPS) is 10.8. The van der Waals surface area contributed by atoms with Crippen LogP contribution in [0.25, 0.3) is 10.8 Å². The van der Waals surface area contributed by atoms with Gasteiger partial charge in [0, 0.05) is 15.5 Å². The van der Waals surface area contributed by atoms with Gasteiger partial charge in [-0.3, -0.25) is 9.59 Å². The van der Waals surface area contributed by atoms with Crippen LogP contribution in [0, 0.1) is 3.57 Å². The van der Waals surface area contributed by atoms with E-state index < -0.39 is 0 Å². The molecular formula is C20H20IN3O2. The largest absolute Gasteiger partial charge is 0.320 e. The molecule has 0 aliphatic rings. The lowest BCUT2D eigenvalue weighted by Crippen LogP contribution is -2.28. The molecule has 0 aliphatic carbocycles. The van der Waals surface area contributed by atoms with Crippen molar-refractivity contribution in [3.63, 3.8) is 0 Å². The van der Waals surface area contributed by atoms with Gasteiger partial charge in [0.1, 0.15) is 0 Å². The Morgan fingerprint density at radius 1 is 1.08 bits per heavy atom. The van der Waals surface area contributed by atoms with Crippen LogP contribution in [0.2, 0.25) is 0 Å². The van der Waals surface area contributed by atoms with E-state index in [2.05, 4.69) is 39.9 Å². The molecule has 3 aromatic rings. The first-order valence-electron chi connectivity index (χ1n) is 8.67. The van der Waals surface area contributed by atoms with Gasteiger partial charge in [-0.15, -0.1) is 0 Å². The highest BCUT2D eigenvalue weighted by molar-refractivity contribution is 14.1. The Hall–Kier alpha value is -2.22. The van der Waals surface area contributed by atoms with Crippen LogP contribution in [0.3, 0.4) is 0 Å². The van der Waals surface area contributed by atoms with Crippen molar-refractivity contribution < 1.29 is 4.79 Å². The highest BCUT2D eigenvalue weighted by Crippen LogP contribution is 2.20. The topological polar surface area (TPSA) is 64.0 Å². The monoisotopic (exact) mass is 461 g/mol. The zero-order chi connectivity index (χ0) is 18.5. The highest BCUT2D eigenvalue weighted by Gasteiger charge is 2.17. The van der Waals surface area contributed by atoms with Crippen molar-refractivity contribution in [2.24, 2.45) is 0 Å². The fraction of sp³-hybridized carbons (Fsp3) is 0.250. The van der Waals surface area contributed by atoms with Crippen LogP contribution in [-0.4, -0.2) is 15.7 Å². The number of hydrogen-bond acceptors (Lipinski definition) is 3. The Bertz CT molecular complexity index is 998. The SMILES string of the molecule is CCCCCn1nc(C(=O)Nc2ccccc2I)c2ccccc2c1=O. The number of unbranched alkanes of at least 4 members (excludes halogenated alkanes) is 2.